The zero-order chi connectivity index (χ0) is 12.8. The van der Waals surface area contributed by atoms with Crippen molar-refractivity contribution in [2.24, 2.45) is 0 Å². The lowest BCUT2D eigenvalue weighted by Gasteiger charge is -2.13. The molecule has 0 aliphatic carbocycles. The van der Waals surface area contributed by atoms with Gasteiger partial charge in [-0.1, -0.05) is 35.4 Å². The predicted octanol–water partition coefficient (Wildman–Crippen LogP) is 2.66. The van der Waals surface area contributed by atoms with Gasteiger partial charge < -0.3 is 9.47 Å². The molecule has 1 heterocycles. The first-order valence-electron chi connectivity index (χ1n) is 5.40. The summed E-state index contributed by atoms with van der Waals surface area (Å²) in [5.41, 5.74) is 2.27. The molecule has 2 unspecified atom stereocenters. The summed E-state index contributed by atoms with van der Waals surface area (Å²) in [6.45, 7) is 5.76. The zero-order valence-electron chi connectivity index (χ0n) is 10.3. The number of carbonyl (C=O) groups is 1. The maximum absolute atomic E-state index is 11.6. The van der Waals surface area contributed by atoms with Crippen molar-refractivity contribution in [1.82, 2.24) is 0 Å². The molecule has 1 fully saturated rings. The smallest absolute Gasteiger partial charge is 0.357 e. The van der Waals surface area contributed by atoms with Crippen LogP contribution < -0.4 is 0 Å². The van der Waals surface area contributed by atoms with Gasteiger partial charge in [-0.25, -0.2) is 4.79 Å². The average Bonchev–Trinajstić information content (AvgIpc) is 2.86. The molecule has 1 saturated heterocycles. The van der Waals surface area contributed by atoms with E-state index in [4.69, 9.17) is 16.3 Å². The Morgan fingerprint density at radius 1 is 1.41 bits per heavy atom. The third kappa shape index (κ3) is 1.65. The van der Waals surface area contributed by atoms with Crippen LogP contribution in [0.15, 0.2) is 18.2 Å². The molecule has 0 radical (unpaired) electrons. The Morgan fingerprint density at radius 3 is 2.65 bits per heavy atom. The van der Waals surface area contributed by atoms with Crippen molar-refractivity contribution in [2.75, 3.05) is 7.11 Å². The summed E-state index contributed by atoms with van der Waals surface area (Å²) in [5.74, 6) is -0.553. The van der Waals surface area contributed by atoms with Crippen LogP contribution in [0, 0.1) is 13.8 Å². The lowest BCUT2D eigenvalue weighted by Crippen LogP contribution is -2.27. The Balaban J connectivity index is 2.43. The number of aryl methyl sites for hydroxylation is 2. The lowest BCUT2D eigenvalue weighted by atomic mass is 9.91. The lowest BCUT2D eigenvalue weighted by molar-refractivity contribution is -0.143. The van der Waals surface area contributed by atoms with E-state index in [0.29, 0.717) is 0 Å². The fraction of sp³-hybridized carbons (Fsp3) is 0.462. The van der Waals surface area contributed by atoms with E-state index < -0.39 is 16.6 Å². The largest absolute Gasteiger partial charge is 0.466 e. The fourth-order valence-electron chi connectivity index (χ4n) is 2.10. The number of epoxide rings is 1. The molecular weight excluding hydrogens is 240 g/mol. The van der Waals surface area contributed by atoms with Crippen LogP contribution in [-0.2, 0) is 19.9 Å². The molecule has 1 aliphatic heterocycles. The van der Waals surface area contributed by atoms with Crippen LogP contribution in [0.25, 0.3) is 0 Å². The number of alkyl halides is 1. The molecule has 3 nitrogen and oxygen atoms in total. The first kappa shape index (κ1) is 12.4. The van der Waals surface area contributed by atoms with E-state index in [1.807, 2.05) is 32.0 Å². The first-order valence-corrected chi connectivity index (χ1v) is 5.78. The zero-order valence-corrected chi connectivity index (χ0v) is 11.1. The summed E-state index contributed by atoms with van der Waals surface area (Å²) in [4.78, 5) is 11.6. The minimum atomic E-state index is -1.39. The van der Waals surface area contributed by atoms with Crippen molar-refractivity contribution in [3.63, 3.8) is 0 Å². The molecule has 2 atom stereocenters. The third-order valence-electron chi connectivity index (χ3n) is 3.27. The molecule has 2 rings (SSSR count). The minimum absolute atomic E-state index is 0.553. The number of hydrogen-bond donors (Lipinski definition) is 0. The van der Waals surface area contributed by atoms with Crippen LogP contribution in [0.3, 0.4) is 0 Å². The number of carbonyl (C=O) groups excluding carboxylic acids is 1. The number of rotatable bonds is 2. The first-order chi connectivity index (χ1) is 7.85. The van der Waals surface area contributed by atoms with E-state index in [1.54, 1.807) is 6.92 Å². The standard InChI is InChI=1S/C13H15ClO3/c1-8-5-6-9(2)10(7-8)12(3)13(14,17-12)11(15)16-4/h5-7H,1-4H3. The topological polar surface area (TPSA) is 38.8 Å². The normalized spacial score (nSPS) is 31.1. The van der Waals surface area contributed by atoms with Crippen molar-refractivity contribution in [2.45, 2.75) is 31.4 Å². The quantitative estimate of drug-likeness (QED) is 0.463. The SMILES string of the molecule is COC(=O)C1(Cl)OC1(C)c1cc(C)ccc1C. The summed E-state index contributed by atoms with van der Waals surface area (Å²) in [5, 5.41) is -1.39. The Bertz CT molecular complexity index is 486. The maximum Gasteiger partial charge on any atom is 0.357 e. The summed E-state index contributed by atoms with van der Waals surface area (Å²) in [7, 11) is 1.30. The van der Waals surface area contributed by atoms with Crippen LogP contribution in [0.2, 0.25) is 0 Å². The third-order valence-corrected chi connectivity index (χ3v) is 3.86. The van der Waals surface area contributed by atoms with E-state index in [1.165, 1.54) is 7.11 Å². The Hall–Kier alpha value is -1.06. The average molecular weight is 255 g/mol. The summed E-state index contributed by atoms with van der Waals surface area (Å²) in [6.07, 6.45) is 0. The van der Waals surface area contributed by atoms with Crippen LogP contribution >= 0.6 is 11.6 Å². The molecule has 92 valence electrons. The van der Waals surface area contributed by atoms with Gasteiger partial charge in [0, 0.05) is 0 Å². The van der Waals surface area contributed by atoms with Gasteiger partial charge in [-0.15, -0.1) is 0 Å². The molecule has 17 heavy (non-hydrogen) atoms. The van der Waals surface area contributed by atoms with Crippen LogP contribution in [0.1, 0.15) is 23.6 Å². The van der Waals surface area contributed by atoms with Crippen molar-refractivity contribution in [3.8, 4) is 0 Å². The van der Waals surface area contributed by atoms with Gasteiger partial charge in [-0.05, 0) is 31.9 Å². The molecule has 0 N–H and O–H groups in total. The highest BCUT2D eigenvalue weighted by Crippen LogP contribution is 2.59. The molecule has 0 aromatic heterocycles. The Labute approximate surface area is 106 Å². The number of esters is 1. The number of ether oxygens (including phenoxy) is 2. The Morgan fingerprint density at radius 2 is 2.06 bits per heavy atom. The monoisotopic (exact) mass is 254 g/mol. The second-order valence-electron chi connectivity index (χ2n) is 4.54. The predicted molar refractivity (Wildman–Crippen MR) is 65.0 cm³/mol. The highest BCUT2D eigenvalue weighted by atomic mass is 35.5. The van der Waals surface area contributed by atoms with E-state index in [9.17, 15) is 4.79 Å². The molecule has 0 saturated carbocycles. The van der Waals surface area contributed by atoms with Gasteiger partial charge in [0.15, 0.2) is 0 Å². The van der Waals surface area contributed by atoms with Gasteiger partial charge in [-0.2, -0.15) is 0 Å². The van der Waals surface area contributed by atoms with Crippen LogP contribution in [-0.4, -0.2) is 18.1 Å². The van der Waals surface area contributed by atoms with E-state index in [0.717, 1.165) is 16.7 Å². The van der Waals surface area contributed by atoms with Gasteiger partial charge in [0.2, 0.25) is 0 Å². The number of hydrogen-bond acceptors (Lipinski definition) is 3. The molecule has 0 bridgehead atoms. The van der Waals surface area contributed by atoms with Crippen molar-refractivity contribution < 1.29 is 14.3 Å². The molecule has 1 aromatic carbocycles. The van der Waals surface area contributed by atoms with Gasteiger partial charge in [0.1, 0.15) is 5.60 Å². The molecule has 1 aliphatic rings. The van der Waals surface area contributed by atoms with Crippen molar-refractivity contribution in [1.29, 1.82) is 0 Å². The molecule has 4 heteroatoms. The van der Waals surface area contributed by atoms with E-state index >= 15 is 0 Å². The van der Waals surface area contributed by atoms with Gasteiger partial charge >= 0.3 is 5.97 Å². The van der Waals surface area contributed by atoms with Gasteiger partial charge in [0.25, 0.3) is 5.06 Å². The maximum atomic E-state index is 11.6. The van der Waals surface area contributed by atoms with Crippen molar-refractivity contribution in [3.05, 3.63) is 34.9 Å². The summed E-state index contributed by atoms with van der Waals surface area (Å²) in [6, 6.07) is 5.99. The second kappa shape index (κ2) is 3.72. The number of methoxy groups -OCH3 is 1. The number of benzene rings is 1. The highest BCUT2D eigenvalue weighted by molar-refractivity contribution is 6.35. The second-order valence-corrected chi connectivity index (χ2v) is 5.07. The number of halogens is 1. The molecule has 0 spiro atoms. The summed E-state index contributed by atoms with van der Waals surface area (Å²) < 4.78 is 10.1. The van der Waals surface area contributed by atoms with Gasteiger partial charge in [0.05, 0.1) is 7.11 Å². The van der Waals surface area contributed by atoms with Gasteiger partial charge in [-0.3, -0.25) is 0 Å². The fourth-order valence-corrected chi connectivity index (χ4v) is 2.43. The Kier molecular flexibility index (Phi) is 2.71. The van der Waals surface area contributed by atoms with E-state index in [-0.39, 0.29) is 0 Å². The minimum Gasteiger partial charge on any atom is -0.466 e. The highest BCUT2D eigenvalue weighted by Gasteiger charge is 2.74. The van der Waals surface area contributed by atoms with Crippen LogP contribution in [0.4, 0.5) is 0 Å². The summed E-state index contributed by atoms with van der Waals surface area (Å²) >= 11 is 6.16. The van der Waals surface area contributed by atoms with Crippen molar-refractivity contribution >= 4 is 17.6 Å². The molecule has 1 aromatic rings. The van der Waals surface area contributed by atoms with Crippen LogP contribution in [0.5, 0.6) is 0 Å². The molecular formula is C13H15ClO3. The molecule has 0 amide bonds. The van der Waals surface area contributed by atoms with E-state index in [2.05, 4.69) is 4.74 Å².